The predicted octanol–water partition coefficient (Wildman–Crippen LogP) is 4.35. The van der Waals surface area contributed by atoms with Crippen molar-refractivity contribution in [3.8, 4) is 0 Å². The molecule has 3 rings (SSSR count). The van der Waals surface area contributed by atoms with E-state index in [2.05, 4.69) is 22.4 Å². The fourth-order valence-electron chi connectivity index (χ4n) is 1.63. The third-order valence-electron chi connectivity index (χ3n) is 2.69. The zero-order valence-electron chi connectivity index (χ0n) is 11.8. The molecule has 3 aromatic rings. The van der Waals surface area contributed by atoms with Gasteiger partial charge in [0.1, 0.15) is 0 Å². The Labute approximate surface area is 132 Å². The van der Waals surface area contributed by atoms with Crippen LogP contribution < -0.4 is 5.32 Å². The van der Waals surface area contributed by atoms with E-state index in [1.165, 1.54) is 17.7 Å². The molecule has 0 aliphatic carbocycles. The van der Waals surface area contributed by atoms with Crippen LogP contribution in [0.3, 0.4) is 0 Å². The maximum absolute atomic E-state index is 10.0. The van der Waals surface area contributed by atoms with Gasteiger partial charge in [-0.3, -0.25) is 10.1 Å². The summed E-state index contributed by atoms with van der Waals surface area (Å²) in [5.41, 5.74) is 1.41. The van der Waals surface area contributed by atoms with Gasteiger partial charge in [-0.15, -0.1) is 11.3 Å². The Kier molecular flexibility index (Phi) is 6.07. The Morgan fingerprint density at radius 1 is 1.05 bits per heavy atom. The van der Waals surface area contributed by atoms with Crippen molar-refractivity contribution in [2.75, 3.05) is 5.32 Å². The summed E-state index contributed by atoms with van der Waals surface area (Å²) in [6, 6.07) is 18.2. The number of benzene rings is 2. The molecule has 1 N–H and O–H groups in total. The quantitative estimate of drug-likeness (QED) is 0.574. The molecule has 2 aromatic carbocycles. The highest BCUT2D eigenvalue weighted by Gasteiger charge is 1.98. The van der Waals surface area contributed by atoms with E-state index in [-0.39, 0.29) is 5.69 Å². The topological polar surface area (TPSA) is 68.1 Å². The molecule has 0 unspecified atom stereocenters. The van der Waals surface area contributed by atoms with Crippen LogP contribution >= 0.6 is 11.3 Å². The molecule has 0 radical (unpaired) electrons. The van der Waals surface area contributed by atoms with Crippen LogP contribution in [0.15, 0.2) is 72.2 Å². The van der Waals surface area contributed by atoms with Gasteiger partial charge in [0.25, 0.3) is 5.69 Å². The lowest BCUT2D eigenvalue weighted by molar-refractivity contribution is -0.384. The third-order valence-corrected chi connectivity index (χ3v) is 3.42. The van der Waals surface area contributed by atoms with Crippen LogP contribution in [0.1, 0.15) is 5.56 Å². The maximum Gasteiger partial charge on any atom is 0.269 e. The number of nitro groups is 1. The SMILES string of the molecule is O=[N+]([O-])c1ccccc1.c1ccc(CNc2nccs2)cc1. The van der Waals surface area contributed by atoms with Gasteiger partial charge >= 0.3 is 0 Å². The van der Waals surface area contributed by atoms with Crippen LogP contribution in [0.5, 0.6) is 0 Å². The zero-order chi connectivity index (χ0) is 15.6. The van der Waals surface area contributed by atoms with E-state index in [9.17, 15) is 10.1 Å². The number of thiazole rings is 1. The van der Waals surface area contributed by atoms with E-state index in [1.807, 2.05) is 23.6 Å². The molecular weight excluding hydrogens is 298 g/mol. The molecule has 5 nitrogen and oxygen atoms in total. The first-order valence-electron chi connectivity index (χ1n) is 6.62. The van der Waals surface area contributed by atoms with Crippen molar-refractivity contribution in [1.82, 2.24) is 4.98 Å². The minimum Gasteiger partial charge on any atom is -0.357 e. The summed E-state index contributed by atoms with van der Waals surface area (Å²) in [6.07, 6.45) is 1.80. The fourth-order valence-corrected chi connectivity index (χ4v) is 2.16. The molecule has 0 aliphatic heterocycles. The average Bonchev–Trinajstić information content (AvgIpc) is 3.09. The molecule has 0 atom stereocenters. The summed E-state index contributed by atoms with van der Waals surface area (Å²) >= 11 is 1.62. The molecule has 0 fully saturated rings. The standard InChI is InChI=1S/C10H10N2S.C6H5NO2/c1-2-4-9(5-3-1)8-12-10-11-6-7-13-10;8-7(9)6-4-2-1-3-5-6/h1-7H,8H2,(H,11,12);1-5H. The van der Waals surface area contributed by atoms with Gasteiger partial charge in [-0.25, -0.2) is 4.98 Å². The second-order valence-corrected chi connectivity index (χ2v) is 5.16. The Morgan fingerprint density at radius 3 is 2.18 bits per heavy atom. The summed E-state index contributed by atoms with van der Waals surface area (Å²) in [4.78, 5) is 13.7. The Bertz CT molecular complexity index is 673. The van der Waals surface area contributed by atoms with E-state index in [0.717, 1.165) is 11.7 Å². The van der Waals surface area contributed by atoms with Crippen LogP contribution in [0, 0.1) is 10.1 Å². The summed E-state index contributed by atoms with van der Waals surface area (Å²) in [5.74, 6) is 0. The van der Waals surface area contributed by atoms with Crippen LogP contribution in [0.25, 0.3) is 0 Å². The Morgan fingerprint density at radius 2 is 1.68 bits per heavy atom. The van der Waals surface area contributed by atoms with Crippen molar-refractivity contribution < 1.29 is 4.92 Å². The number of nitrogens with one attached hydrogen (secondary N) is 1. The fraction of sp³-hybridized carbons (Fsp3) is 0.0625. The number of anilines is 1. The van der Waals surface area contributed by atoms with E-state index >= 15 is 0 Å². The molecule has 0 bridgehead atoms. The molecular formula is C16H15N3O2S. The summed E-state index contributed by atoms with van der Waals surface area (Å²) in [7, 11) is 0. The van der Waals surface area contributed by atoms with E-state index in [4.69, 9.17) is 0 Å². The lowest BCUT2D eigenvalue weighted by Gasteiger charge is -2.01. The molecule has 22 heavy (non-hydrogen) atoms. The highest BCUT2D eigenvalue weighted by atomic mass is 32.1. The van der Waals surface area contributed by atoms with Crippen molar-refractivity contribution in [1.29, 1.82) is 0 Å². The zero-order valence-corrected chi connectivity index (χ0v) is 12.6. The Hall–Kier alpha value is -2.73. The van der Waals surface area contributed by atoms with Gasteiger partial charge in [-0.05, 0) is 5.56 Å². The smallest absolute Gasteiger partial charge is 0.269 e. The van der Waals surface area contributed by atoms with Crippen molar-refractivity contribution in [3.63, 3.8) is 0 Å². The molecule has 0 saturated carbocycles. The minimum absolute atomic E-state index is 0.137. The minimum atomic E-state index is -0.417. The monoisotopic (exact) mass is 313 g/mol. The van der Waals surface area contributed by atoms with Gasteiger partial charge in [-0.1, -0.05) is 48.5 Å². The lowest BCUT2D eigenvalue weighted by Crippen LogP contribution is -1.97. The van der Waals surface area contributed by atoms with Gasteiger partial charge < -0.3 is 5.32 Å². The van der Waals surface area contributed by atoms with Crippen LogP contribution in [0.4, 0.5) is 10.8 Å². The highest BCUT2D eigenvalue weighted by molar-refractivity contribution is 7.13. The second kappa shape index (κ2) is 8.53. The number of rotatable bonds is 4. The number of nitro benzene ring substituents is 1. The van der Waals surface area contributed by atoms with Gasteiger partial charge in [0.2, 0.25) is 0 Å². The summed E-state index contributed by atoms with van der Waals surface area (Å²) in [5, 5.41) is 16.2. The largest absolute Gasteiger partial charge is 0.357 e. The van der Waals surface area contributed by atoms with Gasteiger partial charge in [0.05, 0.1) is 4.92 Å². The molecule has 6 heteroatoms. The molecule has 0 spiro atoms. The van der Waals surface area contributed by atoms with E-state index in [1.54, 1.807) is 35.7 Å². The van der Waals surface area contributed by atoms with Crippen molar-refractivity contribution in [2.45, 2.75) is 6.54 Å². The molecule has 0 aliphatic rings. The van der Waals surface area contributed by atoms with Crippen molar-refractivity contribution in [2.24, 2.45) is 0 Å². The van der Waals surface area contributed by atoms with E-state index in [0.29, 0.717) is 0 Å². The number of para-hydroxylation sites is 1. The third kappa shape index (κ3) is 5.34. The van der Waals surface area contributed by atoms with Crippen LogP contribution in [-0.4, -0.2) is 9.91 Å². The average molecular weight is 313 g/mol. The predicted molar refractivity (Wildman–Crippen MR) is 89.0 cm³/mol. The second-order valence-electron chi connectivity index (χ2n) is 4.27. The lowest BCUT2D eigenvalue weighted by atomic mass is 10.2. The maximum atomic E-state index is 10.0. The number of aromatic nitrogens is 1. The number of non-ortho nitro benzene ring substituents is 1. The molecule has 1 aromatic heterocycles. The molecule has 1 heterocycles. The molecule has 0 amide bonds. The number of hydrogen-bond acceptors (Lipinski definition) is 5. The molecule has 112 valence electrons. The van der Waals surface area contributed by atoms with Gasteiger partial charge in [0, 0.05) is 30.3 Å². The van der Waals surface area contributed by atoms with Crippen LogP contribution in [-0.2, 0) is 6.54 Å². The number of hydrogen-bond donors (Lipinski definition) is 1. The normalized spacial score (nSPS) is 9.45. The summed E-state index contributed by atoms with van der Waals surface area (Å²) in [6.45, 7) is 0.842. The first-order valence-corrected chi connectivity index (χ1v) is 7.50. The van der Waals surface area contributed by atoms with Crippen molar-refractivity contribution >= 4 is 22.2 Å². The van der Waals surface area contributed by atoms with Gasteiger partial charge in [0.15, 0.2) is 5.13 Å². The Balaban J connectivity index is 0.000000172. The van der Waals surface area contributed by atoms with Crippen LogP contribution in [0.2, 0.25) is 0 Å². The molecule has 0 saturated heterocycles. The number of nitrogens with zero attached hydrogens (tertiary/aromatic N) is 2. The summed E-state index contributed by atoms with van der Waals surface area (Å²) < 4.78 is 0. The first-order chi connectivity index (χ1) is 10.8. The van der Waals surface area contributed by atoms with Gasteiger partial charge in [-0.2, -0.15) is 0 Å². The first kappa shape index (κ1) is 15.7. The van der Waals surface area contributed by atoms with E-state index < -0.39 is 4.92 Å². The van der Waals surface area contributed by atoms with Crippen molar-refractivity contribution in [3.05, 3.63) is 87.9 Å². The highest BCUT2D eigenvalue weighted by Crippen LogP contribution is 2.11.